The number of carbonyl (C=O) groups excluding carboxylic acids is 2. The lowest BCUT2D eigenvalue weighted by Crippen LogP contribution is -2.47. The summed E-state index contributed by atoms with van der Waals surface area (Å²) in [4.78, 5) is 26.7. The third kappa shape index (κ3) is 8.51. The van der Waals surface area contributed by atoms with Crippen molar-refractivity contribution in [3.63, 3.8) is 0 Å². The number of hydrogen-bond acceptors (Lipinski definition) is 6. The molecule has 2 fully saturated rings. The van der Waals surface area contributed by atoms with Crippen LogP contribution in [0.4, 0.5) is 4.79 Å². The molecule has 2 aliphatic heterocycles. The summed E-state index contributed by atoms with van der Waals surface area (Å²) in [6, 6.07) is -0.127. The van der Waals surface area contributed by atoms with Crippen LogP contribution in [0.5, 0.6) is 0 Å². The van der Waals surface area contributed by atoms with Crippen molar-refractivity contribution in [3.8, 4) is 0 Å². The molecule has 0 spiro atoms. The van der Waals surface area contributed by atoms with Gasteiger partial charge in [-0.1, -0.05) is 0 Å². The van der Waals surface area contributed by atoms with Crippen molar-refractivity contribution in [1.82, 2.24) is 4.90 Å². The normalized spacial score (nSPS) is 24.3. The average molecular weight is 414 g/mol. The molecule has 0 N–H and O–H groups in total. The van der Waals surface area contributed by atoms with E-state index in [1.807, 2.05) is 41.5 Å². The summed E-state index contributed by atoms with van der Waals surface area (Å²) in [6.07, 6.45) is 4.48. The van der Waals surface area contributed by atoms with E-state index in [-0.39, 0.29) is 36.9 Å². The van der Waals surface area contributed by atoms with E-state index in [2.05, 4.69) is 0 Å². The molecule has 168 valence electrons. The monoisotopic (exact) mass is 413 g/mol. The Hall–Kier alpha value is -1.34. The lowest BCUT2D eigenvalue weighted by Gasteiger charge is -2.35. The van der Waals surface area contributed by atoms with Gasteiger partial charge < -0.3 is 23.8 Å². The number of likely N-dealkylation sites (tertiary alicyclic amines) is 1. The van der Waals surface area contributed by atoms with Crippen molar-refractivity contribution in [3.05, 3.63) is 0 Å². The van der Waals surface area contributed by atoms with Gasteiger partial charge in [0.2, 0.25) is 0 Å². The van der Waals surface area contributed by atoms with Crippen molar-refractivity contribution < 1.29 is 28.5 Å². The molecule has 2 saturated heterocycles. The van der Waals surface area contributed by atoms with Crippen molar-refractivity contribution in [1.29, 1.82) is 0 Å². The van der Waals surface area contributed by atoms with E-state index < -0.39 is 11.2 Å². The minimum Gasteiger partial charge on any atom is -0.460 e. The first-order valence-corrected chi connectivity index (χ1v) is 10.9. The second kappa shape index (κ2) is 10.1. The fourth-order valence-electron chi connectivity index (χ4n) is 3.74. The van der Waals surface area contributed by atoms with E-state index in [9.17, 15) is 9.59 Å². The highest BCUT2D eigenvalue weighted by molar-refractivity contribution is 5.70. The van der Waals surface area contributed by atoms with E-state index in [0.717, 1.165) is 32.1 Å². The smallest absolute Gasteiger partial charge is 0.410 e. The van der Waals surface area contributed by atoms with Gasteiger partial charge in [-0.2, -0.15) is 0 Å². The molecule has 29 heavy (non-hydrogen) atoms. The number of rotatable bonds is 6. The molecule has 0 aromatic rings. The summed E-state index contributed by atoms with van der Waals surface area (Å²) < 4.78 is 23.1. The molecule has 7 nitrogen and oxygen atoms in total. The molecule has 0 bridgehead atoms. The van der Waals surface area contributed by atoms with E-state index in [1.165, 1.54) is 0 Å². The van der Waals surface area contributed by atoms with Crippen LogP contribution in [0.2, 0.25) is 0 Å². The maximum absolute atomic E-state index is 12.7. The zero-order chi connectivity index (χ0) is 21.7. The Morgan fingerprint density at radius 1 is 1.00 bits per heavy atom. The Morgan fingerprint density at radius 2 is 1.69 bits per heavy atom. The van der Waals surface area contributed by atoms with Crippen LogP contribution >= 0.6 is 0 Å². The van der Waals surface area contributed by atoms with Gasteiger partial charge in [0.15, 0.2) is 6.29 Å². The highest BCUT2D eigenvalue weighted by Crippen LogP contribution is 2.29. The summed E-state index contributed by atoms with van der Waals surface area (Å²) in [5.41, 5.74) is -1.07. The second-order valence-electron chi connectivity index (χ2n) is 9.98. The fraction of sp³-hybridized carbons (Fsp3) is 0.909. The Bertz CT molecular complexity index is 544. The molecule has 0 aromatic heterocycles. The molecule has 1 amide bonds. The van der Waals surface area contributed by atoms with Gasteiger partial charge in [0.05, 0.1) is 12.1 Å². The summed E-state index contributed by atoms with van der Waals surface area (Å²) in [5.74, 6) is -0.252. The highest BCUT2D eigenvalue weighted by atomic mass is 16.7. The average Bonchev–Trinajstić information content (AvgIpc) is 3.06. The van der Waals surface area contributed by atoms with Gasteiger partial charge in [-0.25, -0.2) is 4.79 Å². The maximum atomic E-state index is 12.7. The van der Waals surface area contributed by atoms with E-state index in [4.69, 9.17) is 18.9 Å². The predicted molar refractivity (Wildman–Crippen MR) is 110 cm³/mol. The highest BCUT2D eigenvalue weighted by Gasteiger charge is 2.39. The Balaban J connectivity index is 2.05. The lowest BCUT2D eigenvalue weighted by atomic mass is 10.0. The third-order valence-corrected chi connectivity index (χ3v) is 4.87. The summed E-state index contributed by atoms with van der Waals surface area (Å²) in [6.45, 7) is 12.5. The van der Waals surface area contributed by atoms with Gasteiger partial charge in [0.1, 0.15) is 11.2 Å². The van der Waals surface area contributed by atoms with E-state index in [1.54, 1.807) is 4.90 Å². The molecule has 2 aliphatic rings. The first-order valence-electron chi connectivity index (χ1n) is 10.9. The van der Waals surface area contributed by atoms with E-state index >= 15 is 0 Å². The standard InChI is InChI=1S/C22H39NO6/c1-21(2,3)28-18(24)13-12-17(27-19-11-7-8-15-26-19)16-10-9-14-23(16)20(25)29-22(4,5)6/h16-17,19H,7-15H2,1-6H3/t16-,17+,19?/m0/s1. The maximum Gasteiger partial charge on any atom is 0.410 e. The van der Waals surface area contributed by atoms with Crippen LogP contribution in [-0.4, -0.2) is 59.8 Å². The number of esters is 1. The van der Waals surface area contributed by atoms with E-state index in [0.29, 0.717) is 19.6 Å². The molecule has 0 aromatic carbocycles. The minimum atomic E-state index is -0.552. The van der Waals surface area contributed by atoms with Gasteiger partial charge in [0.25, 0.3) is 0 Å². The first kappa shape index (κ1) is 23.9. The van der Waals surface area contributed by atoms with Crippen LogP contribution in [0.25, 0.3) is 0 Å². The van der Waals surface area contributed by atoms with Crippen molar-refractivity contribution in [2.24, 2.45) is 0 Å². The van der Waals surface area contributed by atoms with Gasteiger partial charge in [-0.15, -0.1) is 0 Å². The largest absolute Gasteiger partial charge is 0.460 e. The second-order valence-corrected chi connectivity index (χ2v) is 9.98. The third-order valence-electron chi connectivity index (χ3n) is 4.87. The quantitative estimate of drug-likeness (QED) is 0.600. The zero-order valence-electron chi connectivity index (χ0n) is 19.0. The minimum absolute atomic E-state index is 0.127. The molecule has 3 atom stereocenters. The number of hydrogen-bond donors (Lipinski definition) is 0. The molecule has 1 unspecified atom stereocenters. The van der Waals surface area contributed by atoms with Gasteiger partial charge in [-0.3, -0.25) is 4.79 Å². The first-order chi connectivity index (χ1) is 13.4. The summed E-state index contributed by atoms with van der Waals surface area (Å²) in [7, 11) is 0. The molecule has 0 aliphatic carbocycles. The number of amides is 1. The lowest BCUT2D eigenvalue weighted by molar-refractivity contribution is -0.200. The van der Waals surface area contributed by atoms with Crippen LogP contribution in [0.3, 0.4) is 0 Å². The molecule has 2 rings (SSSR count). The fourth-order valence-corrected chi connectivity index (χ4v) is 3.74. The number of carbonyl (C=O) groups is 2. The molecule has 0 radical (unpaired) electrons. The number of nitrogens with zero attached hydrogens (tertiary/aromatic N) is 1. The summed E-state index contributed by atoms with van der Waals surface area (Å²) in [5, 5.41) is 0. The van der Waals surface area contributed by atoms with Crippen molar-refractivity contribution in [2.75, 3.05) is 13.2 Å². The molecular weight excluding hydrogens is 374 g/mol. The SMILES string of the molecule is CC(C)(C)OC(=O)CC[C@@H](OC1CCCCO1)[C@@H]1CCCN1C(=O)OC(C)(C)C. The van der Waals surface area contributed by atoms with Gasteiger partial charge in [0, 0.05) is 19.6 Å². The van der Waals surface area contributed by atoms with Crippen LogP contribution < -0.4 is 0 Å². The van der Waals surface area contributed by atoms with Crippen LogP contribution in [-0.2, 0) is 23.7 Å². The van der Waals surface area contributed by atoms with Gasteiger partial charge in [-0.05, 0) is 80.1 Å². The molecule has 0 saturated carbocycles. The molecule has 2 heterocycles. The van der Waals surface area contributed by atoms with Crippen LogP contribution in [0.15, 0.2) is 0 Å². The number of ether oxygens (including phenoxy) is 4. The molecule has 7 heteroatoms. The summed E-state index contributed by atoms with van der Waals surface area (Å²) >= 11 is 0. The molecular formula is C22H39NO6. The zero-order valence-corrected chi connectivity index (χ0v) is 19.0. The Labute approximate surface area is 175 Å². The predicted octanol–water partition coefficient (Wildman–Crippen LogP) is 4.42. The Morgan fingerprint density at radius 3 is 2.28 bits per heavy atom. The van der Waals surface area contributed by atoms with Crippen LogP contribution in [0.1, 0.15) is 86.5 Å². The topological polar surface area (TPSA) is 74.3 Å². The van der Waals surface area contributed by atoms with Gasteiger partial charge >= 0.3 is 12.1 Å². The van der Waals surface area contributed by atoms with Crippen molar-refractivity contribution >= 4 is 12.1 Å². The Kier molecular flexibility index (Phi) is 8.35. The van der Waals surface area contributed by atoms with Crippen molar-refractivity contribution in [2.45, 2.75) is 116 Å². The van der Waals surface area contributed by atoms with Crippen LogP contribution in [0, 0.1) is 0 Å².